The van der Waals surface area contributed by atoms with E-state index in [0.29, 0.717) is 6.54 Å². The Labute approximate surface area is 164 Å². The molecule has 0 atom stereocenters. The Hall–Kier alpha value is -0.860. The highest BCUT2D eigenvalue weighted by molar-refractivity contribution is 14.0. The van der Waals surface area contributed by atoms with E-state index in [1.807, 2.05) is 38.2 Å². The predicted octanol–water partition coefficient (Wildman–Crippen LogP) is 4.32. The van der Waals surface area contributed by atoms with Gasteiger partial charge in [-0.25, -0.2) is 9.98 Å². The van der Waals surface area contributed by atoms with Gasteiger partial charge in [-0.15, -0.1) is 35.3 Å². The maximum atomic E-state index is 6.18. The smallest absolute Gasteiger partial charge is 0.194 e. The van der Waals surface area contributed by atoms with Crippen LogP contribution in [-0.2, 0) is 13.1 Å². The summed E-state index contributed by atoms with van der Waals surface area (Å²) in [6, 6.07) is 7.79. The van der Waals surface area contributed by atoms with Crippen molar-refractivity contribution in [2.45, 2.75) is 26.9 Å². The Bertz CT molecular complexity index is 645. The topological polar surface area (TPSA) is 40.5 Å². The first-order chi connectivity index (χ1) is 10.6. The van der Waals surface area contributed by atoms with Crippen molar-refractivity contribution in [1.29, 1.82) is 0 Å². The fraction of sp³-hybridized carbons (Fsp3) is 0.375. The molecule has 1 aromatic heterocycles. The quantitative estimate of drug-likeness (QED) is 0.407. The molecule has 2 rings (SSSR count). The van der Waals surface area contributed by atoms with Crippen LogP contribution in [0, 0.1) is 6.92 Å². The number of guanidine groups is 1. The lowest BCUT2D eigenvalue weighted by Gasteiger charge is -2.21. The SMILES string of the molecule is CCNC(=NCc1ccccc1Cl)N(C)Cc1csc(C)n1.I. The van der Waals surface area contributed by atoms with Crippen LogP contribution in [0.5, 0.6) is 0 Å². The standard InChI is InChI=1S/C16H21ClN4S.HI/c1-4-18-16(19-9-13-7-5-6-8-15(13)17)21(3)10-14-11-22-12(2)20-14;/h5-8,11H,4,9-10H2,1-3H3,(H,18,19);1H. The molecular weight excluding hydrogens is 443 g/mol. The molecule has 1 N–H and O–H groups in total. The largest absolute Gasteiger partial charge is 0.357 e. The van der Waals surface area contributed by atoms with E-state index in [4.69, 9.17) is 11.6 Å². The van der Waals surface area contributed by atoms with E-state index in [2.05, 4.69) is 32.5 Å². The fourth-order valence-electron chi connectivity index (χ4n) is 2.06. The molecule has 2 aromatic rings. The second kappa shape index (κ2) is 10.1. The van der Waals surface area contributed by atoms with Crippen LogP contribution < -0.4 is 5.32 Å². The minimum Gasteiger partial charge on any atom is -0.357 e. The number of aliphatic imine (C=N–C) groups is 1. The molecule has 7 heteroatoms. The van der Waals surface area contributed by atoms with Crippen molar-refractivity contribution < 1.29 is 0 Å². The summed E-state index contributed by atoms with van der Waals surface area (Å²) in [5, 5.41) is 7.23. The van der Waals surface area contributed by atoms with E-state index in [1.165, 1.54) is 0 Å². The van der Waals surface area contributed by atoms with Crippen LogP contribution in [0.2, 0.25) is 5.02 Å². The molecular formula is C16H22ClIN4S. The normalized spacial score (nSPS) is 11.0. The number of thiazole rings is 1. The lowest BCUT2D eigenvalue weighted by molar-refractivity contribution is 0.471. The maximum absolute atomic E-state index is 6.18. The van der Waals surface area contributed by atoms with E-state index < -0.39 is 0 Å². The molecule has 0 radical (unpaired) electrons. The third-order valence-corrected chi connectivity index (χ3v) is 4.31. The van der Waals surface area contributed by atoms with Crippen LogP contribution in [0.15, 0.2) is 34.6 Å². The average Bonchev–Trinajstić information content (AvgIpc) is 2.90. The van der Waals surface area contributed by atoms with Gasteiger partial charge in [-0.1, -0.05) is 29.8 Å². The molecule has 0 amide bonds. The van der Waals surface area contributed by atoms with Crippen molar-refractivity contribution in [1.82, 2.24) is 15.2 Å². The van der Waals surface area contributed by atoms with E-state index in [-0.39, 0.29) is 24.0 Å². The molecule has 4 nitrogen and oxygen atoms in total. The van der Waals surface area contributed by atoms with E-state index in [1.54, 1.807) is 11.3 Å². The van der Waals surface area contributed by atoms with Crippen molar-refractivity contribution in [2.24, 2.45) is 4.99 Å². The summed E-state index contributed by atoms with van der Waals surface area (Å²) in [4.78, 5) is 11.2. The molecule has 0 aliphatic carbocycles. The summed E-state index contributed by atoms with van der Waals surface area (Å²) < 4.78 is 0. The van der Waals surface area contributed by atoms with Gasteiger partial charge in [0.15, 0.2) is 5.96 Å². The summed E-state index contributed by atoms with van der Waals surface area (Å²) in [6.45, 7) is 6.19. The number of nitrogens with zero attached hydrogens (tertiary/aromatic N) is 3. The molecule has 0 fully saturated rings. The van der Waals surface area contributed by atoms with Crippen LogP contribution in [0.4, 0.5) is 0 Å². The second-order valence-electron chi connectivity index (χ2n) is 4.98. The van der Waals surface area contributed by atoms with Gasteiger partial charge in [-0.05, 0) is 25.5 Å². The number of benzene rings is 1. The molecule has 0 aliphatic rings. The molecule has 126 valence electrons. The third-order valence-electron chi connectivity index (χ3n) is 3.12. The molecule has 1 heterocycles. The first-order valence-corrected chi connectivity index (χ1v) is 8.49. The fourth-order valence-corrected chi connectivity index (χ4v) is 2.85. The van der Waals surface area contributed by atoms with Gasteiger partial charge in [0.1, 0.15) is 0 Å². The number of nitrogens with one attached hydrogen (secondary N) is 1. The van der Waals surface area contributed by atoms with Crippen molar-refractivity contribution in [3.63, 3.8) is 0 Å². The molecule has 0 saturated heterocycles. The third kappa shape index (κ3) is 6.27. The van der Waals surface area contributed by atoms with Crippen LogP contribution in [-0.4, -0.2) is 29.4 Å². The van der Waals surface area contributed by atoms with Gasteiger partial charge in [0.2, 0.25) is 0 Å². The number of halogens is 2. The Kier molecular flexibility index (Phi) is 8.86. The van der Waals surface area contributed by atoms with Gasteiger partial charge >= 0.3 is 0 Å². The van der Waals surface area contributed by atoms with Gasteiger partial charge in [-0.3, -0.25) is 0 Å². The summed E-state index contributed by atoms with van der Waals surface area (Å²) in [7, 11) is 2.02. The number of aromatic nitrogens is 1. The van der Waals surface area contributed by atoms with Crippen LogP contribution in [0.3, 0.4) is 0 Å². The monoisotopic (exact) mass is 464 g/mol. The average molecular weight is 465 g/mol. The van der Waals surface area contributed by atoms with Gasteiger partial charge in [0.05, 0.1) is 23.8 Å². The zero-order valence-electron chi connectivity index (χ0n) is 13.5. The first-order valence-electron chi connectivity index (χ1n) is 7.24. The number of hydrogen-bond acceptors (Lipinski definition) is 3. The van der Waals surface area contributed by atoms with Gasteiger partial charge < -0.3 is 10.2 Å². The van der Waals surface area contributed by atoms with E-state index in [9.17, 15) is 0 Å². The molecule has 0 aliphatic heterocycles. The van der Waals surface area contributed by atoms with E-state index in [0.717, 1.165) is 40.3 Å². The molecule has 0 unspecified atom stereocenters. The summed E-state index contributed by atoms with van der Waals surface area (Å²) >= 11 is 7.85. The van der Waals surface area contributed by atoms with Crippen LogP contribution in [0.25, 0.3) is 0 Å². The van der Waals surface area contributed by atoms with Crippen molar-refractivity contribution in [3.05, 3.63) is 50.9 Å². The maximum Gasteiger partial charge on any atom is 0.194 e. The van der Waals surface area contributed by atoms with Crippen LogP contribution >= 0.6 is 46.9 Å². The van der Waals surface area contributed by atoms with Gasteiger partial charge in [0, 0.05) is 24.0 Å². The van der Waals surface area contributed by atoms with Crippen molar-refractivity contribution >= 4 is 52.9 Å². The minimum absolute atomic E-state index is 0. The second-order valence-corrected chi connectivity index (χ2v) is 6.44. The first kappa shape index (κ1) is 20.2. The highest BCUT2D eigenvalue weighted by Gasteiger charge is 2.09. The Morgan fingerprint density at radius 2 is 2.13 bits per heavy atom. The number of aryl methyl sites for hydroxylation is 1. The Balaban J connectivity index is 0.00000264. The highest BCUT2D eigenvalue weighted by atomic mass is 127. The number of hydrogen-bond donors (Lipinski definition) is 1. The Morgan fingerprint density at radius 1 is 1.39 bits per heavy atom. The molecule has 23 heavy (non-hydrogen) atoms. The van der Waals surface area contributed by atoms with E-state index >= 15 is 0 Å². The zero-order valence-corrected chi connectivity index (χ0v) is 17.4. The van der Waals surface area contributed by atoms with Crippen molar-refractivity contribution in [2.75, 3.05) is 13.6 Å². The molecule has 0 spiro atoms. The Morgan fingerprint density at radius 3 is 2.74 bits per heavy atom. The van der Waals surface area contributed by atoms with Crippen molar-refractivity contribution in [3.8, 4) is 0 Å². The summed E-state index contributed by atoms with van der Waals surface area (Å²) in [5.41, 5.74) is 2.09. The molecule has 0 saturated carbocycles. The highest BCUT2D eigenvalue weighted by Crippen LogP contribution is 2.16. The number of rotatable bonds is 5. The van der Waals surface area contributed by atoms with Crippen LogP contribution in [0.1, 0.15) is 23.2 Å². The molecule has 1 aromatic carbocycles. The van der Waals surface area contributed by atoms with Gasteiger partial charge in [0.25, 0.3) is 0 Å². The van der Waals surface area contributed by atoms with Gasteiger partial charge in [-0.2, -0.15) is 0 Å². The summed E-state index contributed by atoms with van der Waals surface area (Å²) in [5.74, 6) is 0.855. The minimum atomic E-state index is 0. The summed E-state index contributed by atoms with van der Waals surface area (Å²) in [6.07, 6.45) is 0. The predicted molar refractivity (Wildman–Crippen MR) is 110 cm³/mol. The lowest BCUT2D eigenvalue weighted by atomic mass is 10.2. The zero-order chi connectivity index (χ0) is 15.9. The lowest BCUT2D eigenvalue weighted by Crippen LogP contribution is -2.38. The molecule has 0 bridgehead atoms.